The number of rotatable bonds is 6. The molecule has 0 radical (unpaired) electrons. The summed E-state index contributed by atoms with van der Waals surface area (Å²) in [6, 6.07) is 9.84. The van der Waals surface area contributed by atoms with Crippen LogP contribution in [0.4, 0.5) is 15.8 Å². The van der Waals surface area contributed by atoms with Crippen LogP contribution in [0.1, 0.15) is 6.42 Å². The first-order chi connectivity index (χ1) is 11.0. The van der Waals surface area contributed by atoms with Gasteiger partial charge in [0.1, 0.15) is 11.6 Å². The zero-order valence-corrected chi connectivity index (χ0v) is 13.4. The first-order valence-electron chi connectivity index (χ1n) is 6.58. The van der Waals surface area contributed by atoms with Crippen molar-refractivity contribution in [2.45, 2.75) is 6.42 Å². The molecule has 120 valence electrons. The first kappa shape index (κ1) is 16.9. The minimum atomic E-state index is -0.538. The first-order valence-corrected chi connectivity index (χ1v) is 7.37. The van der Waals surface area contributed by atoms with Crippen molar-refractivity contribution >= 4 is 33.2 Å². The third-order valence-electron chi connectivity index (χ3n) is 2.85. The smallest absolute Gasteiger partial charge is 0.269 e. The summed E-state index contributed by atoms with van der Waals surface area (Å²) in [5.74, 6) is -0.518. The van der Waals surface area contributed by atoms with Gasteiger partial charge >= 0.3 is 0 Å². The van der Waals surface area contributed by atoms with E-state index in [1.807, 2.05) is 0 Å². The number of hydrogen-bond donors (Lipinski definition) is 1. The Morgan fingerprint density at radius 3 is 2.57 bits per heavy atom. The average Bonchev–Trinajstić information content (AvgIpc) is 2.50. The molecule has 23 heavy (non-hydrogen) atoms. The van der Waals surface area contributed by atoms with Crippen LogP contribution in [0.2, 0.25) is 0 Å². The summed E-state index contributed by atoms with van der Waals surface area (Å²) in [6.45, 7) is 0.0712. The number of halogens is 2. The minimum absolute atomic E-state index is 0.0203. The van der Waals surface area contributed by atoms with Crippen LogP contribution >= 0.6 is 15.9 Å². The summed E-state index contributed by atoms with van der Waals surface area (Å²) in [5.41, 5.74) is 0.0503. The zero-order chi connectivity index (χ0) is 16.8. The van der Waals surface area contributed by atoms with Gasteiger partial charge in [0.15, 0.2) is 0 Å². The highest BCUT2D eigenvalue weighted by Crippen LogP contribution is 2.20. The lowest BCUT2D eigenvalue weighted by molar-refractivity contribution is -0.384. The van der Waals surface area contributed by atoms with Gasteiger partial charge in [0.05, 0.1) is 23.6 Å². The van der Waals surface area contributed by atoms with Gasteiger partial charge in [-0.3, -0.25) is 14.9 Å². The number of benzene rings is 2. The Labute approximate surface area is 139 Å². The fraction of sp³-hybridized carbons (Fsp3) is 0.133. The molecule has 0 aliphatic carbocycles. The summed E-state index contributed by atoms with van der Waals surface area (Å²) >= 11 is 3.13. The molecule has 2 rings (SSSR count). The van der Waals surface area contributed by atoms with Crippen LogP contribution in [0.5, 0.6) is 5.75 Å². The summed E-state index contributed by atoms with van der Waals surface area (Å²) < 4.78 is 19.5. The standard InChI is InChI=1S/C15H12BrFN2O4/c16-10-1-6-14(13(17)9-10)18-15(20)7-8-23-12-4-2-11(3-5-12)19(21)22/h1-6,9H,7-8H2,(H,18,20). The Morgan fingerprint density at radius 2 is 1.96 bits per heavy atom. The molecule has 1 amide bonds. The number of ether oxygens (including phenoxy) is 1. The summed E-state index contributed by atoms with van der Waals surface area (Å²) in [4.78, 5) is 21.7. The van der Waals surface area contributed by atoms with Gasteiger partial charge in [-0.15, -0.1) is 0 Å². The van der Waals surface area contributed by atoms with Crippen molar-refractivity contribution in [3.8, 4) is 5.75 Å². The third-order valence-corrected chi connectivity index (χ3v) is 3.34. The summed E-state index contributed by atoms with van der Waals surface area (Å²) in [5, 5.41) is 13.0. The Kier molecular flexibility index (Phi) is 5.64. The second-order valence-electron chi connectivity index (χ2n) is 4.52. The van der Waals surface area contributed by atoms with E-state index >= 15 is 0 Å². The lowest BCUT2D eigenvalue weighted by Gasteiger charge is -2.08. The molecule has 2 aromatic rings. The number of nitrogens with one attached hydrogen (secondary N) is 1. The van der Waals surface area contributed by atoms with E-state index < -0.39 is 16.6 Å². The van der Waals surface area contributed by atoms with Gasteiger partial charge in [0.25, 0.3) is 5.69 Å². The van der Waals surface area contributed by atoms with E-state index in [1.54, 1.807) is 6.07 Å². The minimum Gasteiger partial charge on any atom is -0.493 e. The molecule has 6 nitrogen and oxygen atoms in total. The maximum Gasteiger partial charge on any atom is 0.269 e. The fourth-order valence-corrected chi connectivity index (χ4v) is 2.06. The number of anilines is 1. The largest absolute Gasteiger partial charge is 0.493 e. The van der Waals surface area contributed by atoms with Gasteiger partial charge in [0, 0.05) is 16.6 Å². The third kappa shape index (κ3) is 5.03. The van der Waals surface area contributed by atoms with Crippen molar-refractivity contribution in [3.05, 3.63) is 62.9 Å². The van der Waals surface area contributed by atoms with Crippen molar-refractivity contribution in [3.63, 3.8) is 0 Å². The lowest BCUT2D eigenvalue weighted by Crippen LogP contribution is -2.16. The number of nitro benzene ring substituents is 1. The van der Waals surface area contributed by atoms with E-state index in [2.05, 4.69) is 21.2 Å². The molecule has 0 saturated heterocycles. The molecule has 0 unspecified atom stereocenters. The topological polar surface area (TPSA) is 81.5 Å². The molecule has 0 aliphatic heterocycles. The number of non-ortho nitro benzene ring substituents is 1. The average molecular weight is 383 g/mol. The molecular formula is C15H12BrFN2O4. The molecule has 0 spiro atoms. The molecule has 8 heteroatoms. The maximum atomic E-state index is 13.6. The molecule has 0 aromatic heterocycles. The highest BCUT2D eigenvalue weighted by molar-refractivity contribution is 9.10. The Hall–Kier alpha value is -2.48. The van der Waals surface area contributed by atoms with Gasteiger partial charge in [-0.1, -0.05) is 15.9 Å². The number of nitro groups is 1. The molecule has 2 aromatic carbocycles. The van der Waals surface area contributed by atoms with Crippen LogP contribution in [0.3, 0.4) is 0 Å². The van der Waals surface area contributed by atoms with E-state index in [0.717, 1.165) is 0 Å². The van der Waals surface area contributed by atoms with Crippen molar-refractivity contribution in [2.75, 3.05) is 11.9 Å². The quantitative estimate of drug-likeness (QED) is 0.606. The predicted octanol–water partition coefficient (Wildman–Crippen LogP) is 3.90. The van der Waals surface area contributed by atoms with Crippen LogP contribution in [-0.4, -0.2) is 17.4 Å². The fourth-order valence-electron chi connectivity index (χ4n) is 1.73. The van der Waals surface area contributed by atoms with Gasteiger partial charge in [-0.2, -0.15) is 0 Å². The highest BCUT2D eigenvalue weighted by Gasteiger charge is 2.08. The van der Waals surface area contributed by atoms with Crippen LogP contribution in [0.15, 0.2) is 46.9 Å². The van der Waals surface area contributed by atoms with Crippen molar-refractivity contribution in [1.82, 2.24) is 0 Å². The van der Waals surface area contributed by atoms with Gasteiger partial charge in [-0.05, 0) is 30.3 Å². The Balaban J connectivity index is 1.81. The molecule has 0 atom stereocenters. The van der Waals surface area contributed by atoms with E-state index in [4.69, 9.17) is 4.74 Å². The number of hydrogen-bond acceptors (Lipinski definition) is 4. The number of carbonyl (C=O) groups excluding carboxylic acids is 1. The molecule has 0 heterocycles. The van der Waals surface area contributed by atoms with E-state index in [0.29, 0.717) is 10.2 Å². The lowest BCUT2D eigenvalue weighted by atomic mass is 10.3. The Morgan fingerprint density at radius 1 is 1.26 bits per heavy atom. The summed E-state index contributed by atoms with van der Waals surface area (Å²) in [7, 11) is 0. The molecule has 0 aliphatic rings. The SMILES string of the molecule is O=C(CCOc1ccc([N+](=O)[O-])cc1)Nc1ccc(Br)cc1F. The van der Waals surface area contributed by atoms with Gasteiger partial charge in [0.2, 0.25) is 5.91 Å². The van der Waals surface area contributed by atoms with Crippen molar-refractivity contribution in [2.24, 2.45) is 0 Å². The molecule has 0 bridgehead atoms. The number of carbonyl (C=O) groups is 1. The second kappa shape index (κ2) is 7.68. The van der Waals surface area contributed by atoms with Crippen LogP contribution in [-0.2, 0) is 4.79 Å². The number of amides is 1. The van der Waals surface area contributed by atoms with Crippen LogP contribution in [0.25, 0.3) is 0 Å². The molecule has 0 fully saturated rings. The molecule has 1 N–H and O–H groups in total. The van der Waals surface area contributed by atoms with Crippen LogP contribution < -0.4 is 10.1 Å². The summed E-state index contributed by atoms with van der Waals surface area (Å²) in [6.07, 6.45) is 0.0203. The van der Waals surface area contributed by atoms with Gasteiger partial charge in [-0.25, -0.2) is 4.39 Å². The normalized spacial score (nSPS) is 10.2. The maximum absolute atomic E-state index is 13.6. The zero-order valence-electron chi connectivity index (χ0n) is 11.8. The predicted molar refractivity (Wildman–Crippen MR) is 85.9 cm³/mol. The highest BCUT2D eigenvalue weighted by atomic mass is 79.9. The molecule has 0 saturated carbocycles. The van der Waals surface area contributed by atoms with Crippen molar-refractivity contribution < 1.29 is 18.8 Å². The van der Waals surface area contributed by atoms with Crippen LogP contribution in [0, 0.1) is 15.9 Å². The van der Waals surface area contributed by atoms with Crippen molar-refractivity contribution in [1.29, 1.82) is 0 Å². The molecular weight excluding hydrogens is 371 g/mol. The van der Waals surface area contributed by atoms with E-state index in [9.17, 15) is 19.3 Å². The monoisotopic (exact) mass is 382 g/mol. The number of nitrogens with zero attached hydrogens (tertiary/aromatic N) is 1. The Bertz CT molecular complexity index is 722. The van der Waals surface area contributed by atoms with E-state index in [1.165, 1.54) is 36.4 Å². The second-order valence-corrected chi connectivity index (χ2v) is 5.44. The van der Waals surface area contributed by atoms with E-state index in [-0.39, 0.29) is 24.4 Å². The van der Waals surface area contributed by atoms with Gasteiger partial charge < -0.3 is 10.1 Å².